The van der Waals surface area contributed by atoms with E-state index in [1.807, 2.05) is 41.3 Å². The summed E-state index contributed by atoms with van der Waals surface area (Å²) in [6.45, 7) is 10.3. The minimum Gasteiger partial charge on any atom is -0.444 e. The van der Waals surface area contributed by atoms with Crippen LogP contribution >= 0.6 is 0 Å². The molecule has 2 aromatic rings. The first-order valence-corrected chi connectivity index (χ1v) is 12.7. The van der Waals surface area contributed by atoms with Crippen molar-refractivity contribution in [3.05, 3.63) is 42.0 Å². The average molecular weight is 480 g/mol. The number of rotatable bonds is 3. The lowest BCUT2D eigenvalue weighted by Crippen LogP contribution is -2.47. The number of amides is 3. The lowest BCUT2D eigenvalue weighted by molar-refractivity contribution is -0.138. The van der Waals surface area contributed by atoms with Crippen molar-refractivity contribution in [2.75, 3.05) is 31.5 Å². The Morgan fingerprint density at radius 3 is 2.23 bits per heavy atom. The number of carbonyl (C=O) groups excluding carboxylic acids is 3. The van der Waals surface area contributed by atoms with Gasteiger partial charge in [0.15, 0.2) is 0 Å². The lowest BCUT2D eigenvalue weighted by atomic mass is 9.92. The van der Waals surface area contributed by atoms with Crippen LogP contribution in [0, 0.1) is 11.8 Å². The van der Waals surface area contributed by atoms with E-state index in [1.165, 1.54) is 6.42 Å². The number of benzene rings is 2. The second kappa shape index (κ2) is 10.3. The van der Waals surface area contributed by atoms with Crippen molar-refractivity contribution >= 4 is 34.4 Å². The monoisotopic (exact) mass is 479 g/mol. The topological polar surface area (TPSA) is 79.0 Å². The summed E-state index contributed by atoms with van der Waals surface area (Å²) in [4.78, 5) is 43.0. The number of fused-ring (bicyclic) bond motifs is 1. The Hall–Kier alpha value is -3.09. The highest BCUT2D eigenvalue weighted by molar-refractivity contribution is 6.07. The highest BCUT2D eigenvalue weighted by Crippen LogP contribution is 2.29. The smallest absolute Gasteiger partial charge is 0.412 e. The van der Waals surface area contributed by atoms with Crippen LogP contribution in [0.2, 0.25) is 0 Å². The number of ether oxygens (including phenoxy) is 1. The van der Waals surface area contributed by atoms with E-state index in [-0.39, 0.29) is 17.7 Å². The minimum atomic E-state index is -0.647. The summed E-state index contributed by atoms with van der Waals surface area (Å²) >= 11 is 0. The van der Waals surface area contributed by atoms with Gasteiger partial charge in [-0.05, 0) is 75.3 Å². The van der Waals surface area contributed by atoms with Gasteiger partial charge in [-0.15, -0.1) is 0 Å². The standard InChI is InChI=1S/C28H37N3O4/c1-19-8-7-13-31(18-19)25(32)20-11-14-30(15-12-20)26(33)23-16-21-9-5-6-10-22(21)17-24(23)29-27(34)35-28(2,3)4/h5-6,9-10,16-17,19-20H,7-8,11-15,18H2,1-4H3,(H,29,34). The van der Waals surface area contributed by atoms with Gasteiger partial charge in [-0.25, -0.2) is 4.79 Å². The third kappa shape index (κ3) is 6.13. The highest BCUT2D eigenvalue weighted by Gasteiger charge is 2.33. The van der Waals surface area contributed by atoms with Crippen LogP contribution in [0.1, 0.15) is 63.7 Å². The van der Waals surface area contributed by atoms with Crippen molar-refractivity contribution in [2.45, 2.75) is 59.0 Å². The van der Waals surface area contributed by atoms with Crippen LogP contribution in [0.15, 0.2) is 36.4 Å². The Kier molecular flexibility index (Phi) is 7.33. The quantitative estimate of drug-likeness (QED) is 0.648. The fourth-order valence-electron chi connectivity index (χ4n) is 5.08. The lowest BCUT2D eigenvalue weighted by Gasteiger charge is -2.37. The largest absolute Gasteiger partial charge is 0.444 e. The molecule has 0 radical (unpaired) electrons. The number of anilines is 1. The van der Waals surface area contributed by atoms with E-state index in [1.54, 1.807) is 25.7 Å². The molecule has 1 unspecified atom stereocenters. The van der Waals surface area contributed by atoms with Crippen molar-refractivity contribution < 1.29 is 19.1 Å². The molecule has 0 saturated carbocycles. The Labute approximate surface area is 207 Å². The normalized spacial score (nSPS) is 19.5. The zero-order valence-corrected chi connectivity index (χ0v) is 21.3. The molecule has 2 aliphatic heterocycles. The summed E-state index contributed by atoms with van der Waals surface area (Å²) < 4.78 is 5.42. The third-order valence-corrected chi connectivity index (χ3v) is 6.85. The van der Waals surface area contributed by atoms with Crippen molar-refractivity contribution in [3.63, 3.8) is 0 Å². The van der Waals surface area contributed by atoms with Crippen molar-refractivity contribution in [1.82, 2.24) is 9.80 Å². The molecule has 7 nitrogen and oxygen atoms in total. The van der Waals surface area contributed by atoms with Gasteiger partial charge in [-0.3, -0.25) is 14.9 Å². The van der Waals surface area contributed by atoms with Gasteiger partial charge in [0.05, 0.1) is 11.3 Å². The van der Waals surface area contributed by atoms with Crippen molar-refractivity contribution in [2.24, 2.45) is 11.8 Å². The molecule has 2 heterocycles. The number of nitrogens with zero attached hydrogens (tertiary/aromatic N) is 2. The summed E-state index contributed by atoms with van der Waals surface area (Å²) in [6.07, 6.45) is 2.99. The first-order chi connectivity index (χ1) is 16.6. The van der Waals surface area contributed by atoms with Crippen LogP contribution in [-0.2, 0) is 9.53 Å². The van der Waals surface area contributed by atoms with Crippen LogP contribution in [0.4, 0.5) is 10.5 Å². The zero-order chi connectivity index (χ0) is 25.2. The van der Waals surface area contributed by atoms with Gasteiger partial charge >= 0.3 is 6.09 Å². The maximum absolute atomic E-state index is 13.6. The second-order valence-electron chi connectivity index (χ2n) is 11.0. The molecule has 0 bridgehead atoms. The van der Waals surface area contributed by atoms with Gasteiger partial charge in [0.2, 0.25) is 5.91 Å². The first-order valence-electron chi connectivity index (χ1n) is 12.7. The Morgan fingerprint density at radius 2 is 1.60 bits per heavy atom. The van der Waals surface area contributed by atoms with Crippen LogP contribution in [-0.4, -0.2) is 59.5 Å². The molecule has 188 valence electrons. The van der Waals surface area contributed by atoms with E-state index >= 15 is 0 Å². The van der Waals surface area contributed by atoms with Gasteiger partial charge in [-0.2, -0.15) is 0 Å². The van der Waals surface area contributed by atoms with Crippen LogP contribution in [0.3, 0.4) is 0 Å². The predicted octanol–water partition coefficient (Wildman–Crippen LogP) is 5.30. The molecule has 2 saturated heterocycles. The van der Waals surface area contributed by atoms with Gasteiger partial charge < -0.3 is 14.5 Å². The molecule has 0 spiro atoms. The Morgan fingerprint density at radius 1 is 0.943 bits per heavy atom. The molecule has 3 amide bonds. The van der Waals surface area contributed by atoms with E-state index in [0.29, 0.717) is 43.1 Å². The molecule has 7 heteroatoms. The first kappa shape index (κ1) is 25.0. The van der Waals surface area contributed by atoms with E-state index in [0.717, 1.165) is 30.3 Å². The van der Waals surface area contributed by atoms with Crippen molar-refractivity contribution in [1.29, 1.82) is 0 Å². The maximum atomic E-state index is 13.6. The number of piperidine rings is 2. The SMILES string of the molecule is CC1CCCN(C(=O)C2CCN(C(=O)c3cc4ccccc4cc3NC(=O)OC(C)(C)C)CC2)C1. The third-order valence-electron chi connectivity index (χ3n) is 6.85. The summed E-state index contributed by atoms with van der Waals surface area (Å²) in [5, 5.41) is 4.64. The fraction of sp³-hybridized carbons (Fsp3) is 0.536. The Bertz CT molecular complexity index is 1100. The molecule has 0 aromatic heterocycles. The van der Waals surface area contributed by atoms with Crippen LogP contribution in [0.5, 0.6) is 0 Å². The summed E-state index contributed by atoms with van der Waals surface area (Å²) in [5.74, 6) is 0.624. The van der Waals surface area contributed by atoms with Crippen molar-refractivity contribution in [3.8, 4) is 0 Å². The average Bonchev–Trinajstić information content (AvgIpc) is 2.81. The second-order valence-corrected chi connectivity index (χ2v) is 11.0. The zero-order valence-electron chi connectivity index (χ0n) is 21.3. The van der Waals surface area contributed by atoms with Crippen LogP contribution in [0.25, 0.3) is 10.8 Å². The fourth-order valence-corrected chi connectivity index (χ4v) is 5.08. The number of hydrogen-bond acceptors (Lipinski definition) is 4. The molecule has 1 atom stereocenters. The van der Waals surface area contributed by atoms with E-state index in [2.05, 4.69) is 12.2 Å². The summed E-state index contributed by atoms with van der Waals surface area (Å²) in [5.41, 5.74) is 0.221. The number of carbonyl (C=O) groups is 3. The molecule has 4 rings (SSSR count). The predicted molar refractivity (Wildman–Crippen MR) is 137 cm³/mol. The molecule has 0 aliphatic carbocycles. The molecular formula is C28H37N3O4. The van der Waals surface area contributed by atoms with E-state index < -0.39 is 11.7 Å². The number of hydrogen-bond donors (Lipinski definition) is 1. The minimum absolute atomic E-state index is 0.0275. The van der Waals surface area contributed by atoms with Gasteiger partial charge in [0.1, 0.15) is 5.60 Å². The van der Waals surface area contributed by atoms with Gasteiger partial charge in [0.25, 0.3) is 5.91 Å². The number of likely N-dealkylation sites (tertiary alicyclic amines) is 2. The van der Waals surface area contributed by atoms with Gasteiger partial charge in [0, 0.05) is 32.1 Å². The summed E-state index contributed by atoms with van der Waals surface area (Å²) in [7, 11) is 0. The maximum Gasteiger partial charge on any atom is 0.412 e. The molecule has 2 aromatic carbocycles. The molecule has 1 N–H and O–H groups in total. The molecule has 35 heavy (non-hydrogen) atoms. The van der Waals surface area contributed by atoms with Gasteiger partial charge in [-0.1, -0.05) is 31.2 Å². The van der Waals surface area contributed by atoms with E-state index in [4.69, 9.17) is 4.74 Å². The summed E-state index contributed by atoms with van der Waals surface area (Å²) in [6, 6.07) is 11.4. The van der Waals surface area contributed by atoms with Crippen LogP contribution < -0.4 is 5.32 Å². The molecule has 2 fully saturated rings. The highest BCUT2D eigenvalue weighted by atomic mass is 16.6. The molecular weight excluding hydrogens is 442 g/mol. The Balaban J connectivity index is 1.49. The molecule has 2 aliphatic rings. The number of nitrogens with one attached hydrogen (secondary N) is 1. The van der Waals surface area contributed by atoms with E-state index in [9.17, 15) is 14.4 Å².